The average molecular weight is 382 g/mol. The fourth-order valence-corrected chi connectivity index (χ4v) is 2.07. The fourth-order valence-electron chi connectivity index (χ4n) is 2.07. The predicted octanol–water partition coefficient (Wildman–Crippen LogP) is 1.60. The van der Waals surface area contributed by atoms with Gasteiger partial charge in [-0.2, -0.15) is 0 Å². The Morgan fingerprint density at radius 1 is 1.22 bits per heavy atom. The van der Waals surface area contributed by atoms with Crippen LogP contribution in [0.3, 0.4) is 0 Å². The predicted molar refractivity (Wildman–Crippen MR) is 105 cm³/mol. The molecule has 8 heteroatoms. The highest BCUT2D eigenvalue weighted by molar-refractivity contribution is 5.84. The maximum absolute atomic E-state index is 13.6. The molecule has 1 amide bonds. The standard InChI is InChI=1S/C19H31FN4O3/c1-5-26-13-8-11-21-19(22-15-18(25)23(2)3)24(4)12-14-27-17-10-7-6-9-16(17)20/h6-7,9-10H,5,8,11-15H2,1-4H3,(H,21,22). The molecule has 0 aromatic heterocycles. The maximum atomic E-state index is 13.6. The van der Waals surface area contributed by atoms with Crippen molar-refractivity contribution in [1.82, 2.24) is 15.1 Å². The number of hydrogen-bond donors (Lipinski definition) is 1. The maximum Gasteiger partial charge on any atom is 0.243 e. The second-order valence-corrected chi connectivity index (χ2v) is 6.11. The molecule has 0 unspecified atom stereocenters. The molecule has 1 aromatic carbocycles. The summed E-state index contributed by atoms with van der Waals surface area (Å²) in [7, 11) is 5.23. The first-order valence-electron chi connectivity index (χ1n) is 9.10. The molecule has 1 N–H and O–H groups in total. The van der Waals surface area contributed by atoms with Crippen molar-refractivity contribution < 1.29 is 18.7 Å². The number of rotatable bonds is 11. The molecule has 0 aliphatic carbocycles. The van der Waals surface area contributed by atoms with E-state index < -0.39 is 0 Å². The second-order valence-electron chi connectivity index (χ2n) is 6.11. The van der Waals surface area contributed by atoms with Gasteiger partial charge < -0.3 is 24.6 Å². The number of carbonyl (C=O) groups is 1. The third-order valence-electron chi connectivity index (χ3n) is 3.70. The van der Waals surface area contributed by atoms with E-state index in [-0.39, 0.29) is 24.0 Å². The monoisotopic (exact) mass is 382 g/mol. The Kier molecular flexibility index (Phi) is 10.9. The molecule has 152 valence electrons. The molecule has 7 nitrogen and oxygen atoms in total. The summed E-state index contributed by atoms with van der Waals surface area (Å²) in [6, 6.07) is 6.29. The Balaban J connectivity index is 2.56. The number of nitrogens with zero attached hydrogens (tertiary/aromatic N) is 3. The summed E-state index contributed by atoms with van der Waals surface area (Å²) >= 11 is 0. The van der Waals surface area contributed by atoms with E-state index in [0.717, 1.165) is 6.42 Å². The minimum atomic E-state index is -0.389. The highest BCUT2D eigenvalue weighted by Gasteiger charge is 2.10. The van der Waals surface area contributed by atoms with E-state index in [1.165, 1.54) is 11.0 Å². The largest absolute Gasteiger partial charge is 0.489 e. The number of ether oxygens (including phenoxy) is 2. The minimum Gasteiger partial charge on any atom is -0.489 e. The van der Waals surface area contributed by atoms with Crippen LogP contribution in [-0.4, -0.2) is 82.3 Å². The summed E-state index contributed by atoms with van der Waals surface area (Å²) in [4.78, 5) is 19.5. The van der Waals surface area contributed by atoms with Gasteiger partial charge in [0.1, 0.15) is 13.2 Å². The molecule has 0 saturated heterocycles. The Morgan fingerprint density at radius 2 is 1.96 bits per heavy atom. The van der Waals surface area contributed by atoms with E-state index in [9.17, 15) is 9.18 Å². The van der Waals surface area contributed by atoms with Crippen LogP contribution in [0.25, 0.3) is 0 Å². The molecule has 0 fully saturated rings. The van der Waals surface area contributed by atoms with Gasteiger partial charge in [0.15, 0.2) is 17.5 Å². The molecule has 0 atom stereocenters. The molecule has 0 heterocycles. The number of hydrogen-bond acceptors (Lipinski definition) is 4. The van der Waals surface area contributed by atoms with Crippen LogP contribution in [0, 0.1) is 5.82 Å². The van der Waals surface area contributed by atoms with Gasteiger partial charge in [-0.05, 0) is 25.5 Å². The lowest BCUT2D eigenvalue weighted by Gasteiger charge is -2.23. The summed E-state index contributed by atoms with van der Waals surface area (Å²) in [6.45, 7) is 4.81. The second kappa shape index (κ2) is 12.9. The van der Waals surface area contributed by atoms with Crippen LogP contribution in [0.4, 0.5) is 4.39 Å². The number of likely N-dealkylation sites (N-methyl/N-ethyl adjacent to an activating group) is 2. The highest BCUT2D eigenvalue weighted by Crippen LogP contribution is 2.14. The molecule has 1 rings (SSSR count). The van der Waals surface area contributed by atoms with Crippen LogP contribution >= 0.6 is 0 Å². The van der Waals surface area contributed by atoms with Crippen molar-refractivity contribution in [3.63, 3.8) is 0 Å². The van der Waals surface area contributed by atoms with Crippen LogP contribution in [0.15, 0.2) is 29.3 Å². The van der Waals surface area contributed by atoms with Gasteiger partial charge in [0.25, 0.3) is 0 Å². The normalized spacial score (nSPS) is 11.2. The molecule has 27 heavy (non-hydrogen) atoms. The number of amides is 1. The molecule has 0 bridgehead atoms. The van der Waals surface area contributed by atoms with Gasteiger partial charge in [-0.25, -0.2) is 9.38 Å². The van der Waals surface area contributed by atoms with Crippen LogP contribution in [0.2, 0.25) is 0 Å². The smallest absolute Gasteiger partial charge is 0.243 e. The summed E-state index contributed by atoms with van der Waals surface area (Å²) in [5.41, 5.74) is 0. The Hall–Kier alpha value is -2.35. The van der Waals surface area contributed by atoms with Gasteiger partial charge in [-0.1, -0.05) is 12.1 Å². The lowest BCUT2D eigenvalue weighted by atomic mass is 10.3. The number of benzene rings is 1. The first-order valence-corrected chi connectivity index (χ1v) is 9.10. The van der Waals surface area contributed by atoms with Crippen molar-refractivity contribution in [3.8, 4) is 5.75 Å². The Morgan fingerprint density at radius 3 is 2.63 bits per heavy atom. The summed E-state index contributed by atoms with van der Waals surface area (Å²) in [5, 5.41) is 3.23. The number of carbonyl (C=O) groups excluding carboxylic acids is 1. The van der Waals surface area contributed by atoms with Crippen molar-refractivity contribution in [3.05, 3.63) is 30.1 Å². The Bertz CT molecular complexity index is 596. The molecular formula is C19H31FN4O3. The van der Waals surface area contributed by atoms with Crippen LogP contribution in [0.1, 0.15) is 13.3 Å². The fraction of sp³-hybridized carbons (Fsp3) is 0.579. The minimum absolute atomic E-state index is 0.0549. The third-order valence-corrected chi connectivity index (χ3v) is 3.70. The van der Waals surface area contributed by atoms with Crippen LogP contribution in [-0.2, 0) is 9.53 Å². The zero-order valence-electron chi connectivity index (χ0n) is 16.7. The first kappa shape index (κ1) is 22.7. The zero-order chi connectivity index (χ0) is 20.1. The van der Waals surface area contributed by atoms with Gasteiger partial charge in [-0.3, -0.25) is 4.79 Å². The van der Waals surface area contributed by atoms with Crippen LogP contribution < -0.4 is 10.1 Å². The quantitative estimate of drug-likeness (QED) is 0.358. The topological polar surface area (TPSA) is 66.4 Å². The number of nitrogens with one attached hydrogen (secondary N) is 1. The number of aliphatic imine (C=N–C) groups is 1. The highest BCUT2D eigenvalue weighted by atomic mass is 19.1. The molecule has 0 radical (unpaired) electrons. The van der Waals surface area contributed by atoms with E-state index in [2.05, 4.69) is 10.3 Å². The van der Waals surface area contributed by atoms with Crippen molar-refractivity contribution in [2.75, 3.05) is 60.6 Å². The number of halogens is 1. The van der Waals surface area contributed by atoms with Gasteiger partial charge in [0.2, 0.25) is 5.91 Å². The van der Waals surface area contributed by atoms with Crippen molar-refractivity contribution >= 4 is 11.9 Å². The van der Waals surface area contributed by atoms with Crippen LogP contribution in [0.5, 0.6) is 5.75 Å². The van der Waals surface area contributed by atoms with Gasteiger partial charge >= 0.3 is 0 Å². The molecule has 0 saturated carbocycles. The first-order chi connectivity index (χ1) is 13.0. The van der Waals surface area contributed by atoms with Crippen molar-refractivity contribution in [2.45, 2.75) is 13.3 Å². The molecular weight excluding hydrogens is 351 g/mol. The SMILES string of the molecule is CCOCCCNC(=NCC(=O)N(C)C)N(C)CCOc1ccccc1F. The molecule has 0 spiro atoms. The van der Waals surface area contributed by atoms with Gasteiger partial charge in [0, 0.05) is 40.9 Å². The molecule has 0 aliphatic heterocycles. The van der Waals surface area contributed by atoms with E-state index in [4.69, 9.17) is 9.47 Å². The van der Waals surface area contributed by atoms with Crippen molar-refractivity contribution in [2.24, 2.45) is 4.99 Å². The zero-order valence-corrected chi connectivity index (χ0v) is 16.7. The number of para-hydroxylation sites is 1. The van der Waals surface area contributed by atoms with E-state index >= 15 is 0 Å². The van der Waals surface area contributed by atoms with Crippen molar-refractivity contribution in [1.29, 1.82) is 0 Å². The lowest BCUT2D eigenvalue weighted by Crippen LogP contribution is -2.42. The van der Waals surface area contributed by atoms with E-state index in [0.29, 0.717) is 38.9 Å². The summed E-state index contributed by atoms with van der Waals surface area (Å²) in [5.74, 6) is 0.343. The van der Waals surface area contributed by atoms with Gasteiger partial charge in [-0.15, -0.1) is 0 Å². The number of guanidine groups is 1. The summed E-state index contributed by atoms with van der Waals surface area (Å²) < 4.78 is 24.4. The molecule has 1 aromatic rings. The average Bonchev–Trinajstić information content (AvgIpc) is 2.65. The third kappa shape index (κ3) is 9.23. The summed E-state index contributed by atoms with van der Waals surface area (Å²) in [6.07, 6.45) is 0.827. The van der Waals surface area contributed by atoms with Gasteiger partial charge in [0.05, 0.1) is 6.54 Å². The van der Waals surface area contributed by atoms with E-state index in [1.807, 2.05) is 18.9 Å². The van der Waals surface area contributed by atoms with E-state index in [1.54, 1.807) is 32.3 Å². The Labute approximate surface area is 161 Å². The lowest BCUT2D eigenvalue weighted by molar-refractivity contribution is -0.127. The molecule has 0 aliphatic rings.